The van der Waals surface area contributed by atoms with E-state index in [0.717, 1.165) is 17.5 Å². The monoisotopic (exact) mass is 271 g/mol. The Morgan fingerprint density at radius 1 is 1.30 bits per heavy atom. The minimum Gasteiger partial charge on any atom is -0.458 e. The molecule has 1 atom stereocenters. The minimum atomic E-state index is -0.872. The molecule has 2 heterocycles. The van der Waals surface area contributed by atoms with Crippen LogP contribution in [0.1, 0.15) is 29.9 Å². The predicted octanol–water partition coefficient (Wildman–Crippen LogP) is 3.61. The van der Waals surface area contributed by atoms with Gasteiger partial charge >= 0.3 is 0 Å². The molecule has 2 aromatic heterocycles. The first kappa shape index (κ1) is 12.8. The van der Waals surface area contributed by atoms with E-state index in [1.807, 2.05) is 6.92 Å². The number of benzene rings is 1. The van der Waals surface area contributed by atoms with Crippen molar-refractivity contribution in [3.63, 3.8) is 0 Å². The molecule has 0 bridgehead atoms. The number of aliphatic hydroxyl groups is 1. The topological polar surface area (TPSA) is 46.3 Å². The fraction of sp³-hybridized carbons (Fsp3) is 0.188. The highest BCUT2D eigenvalue weighted by Crippen LogP contribution is 2.30. The van der Waals surface area contributed by atoms with Crippen LogP contribution in [0.4, 0.5) is 4.39 Å². The lowest BCUT2D eigenvalue weighted by atomic mass is 10.0. The van der Waals surface area contributed by atoms with Gasteiger partial charge in [-0.3, -0.25) is 4.98 Å². The van der Waals surface area contributed by atoms with Crippen LogP contribution in [-0.4, -0.2) is 10.1 Å². The predicted molar refractivity (Wildman–Crippen MR) is 73.8 cm³/mol. The van der Waals surface area contributed by atoms with Gasteiger partial charge in [0.25, 0.3) is 0 Å². The zero-order valence-corrected chi connectivity index (χ0v) is 11.0. The number of hydrogen-bond acceptors (Lipinski definition) is 3. The van der Waals surface area contributed by atoms with Crippen molar-refractivity contribution < 1.29 is 13.9 Å². The SMILES string of the molecule is CCc1cnccc1C(O)c1cc2cc(F)ccc2o1. The molecule has 1 unspecified atom stereocenters. The first-order valence-electron chi connectivity index (χ1n) is 6.49. The first-order valence-corrected chi connectivity index (χ1v) is 6.49. The summed E-state index contributed by atoms with van der Waals surface area (Å²) in [5, 5.41) is 11.1. The molecule has 1 aromatic carbocycles. The highest BCUT2D eigenvalue weighted by Gasteiger charge is 2.18. The number of aromatic nitrogens is 1. The van der Waals surface area contributed by atoms with Gasteiger partial charge in [0.2, 0.25) is 0 Å². The van der Waals surface area contributed by atoms with Gasteiger partial charge < -0.3 is 9.52 Å². The molecule has 4 heteroatoms. The van der Waals surface area contributed by atoms with Crippen molar-refractivity contribution in [2.24, 2.45) is 0 Å². The summed E-state index contributed by atoms with van der Waals surface area (Å²) in [7, 11) is 0. The molecule has 3 nitrogen and oxygen atoms in total. The lowest BCUT2D eigenvalue weighted by Gasteiger charge is -2.11. The molecule has 102 valence electrons. The highest BCUT2D eigenvalue weighted by molar-refractivity contribution is 5.78. The fourth-order valence-electron chi connectivity index (χ4n) is 2.32. The van der Waals surface area contributed by atoms with Crippen LogP contribution >= 0.6 is 0 Å². The second-order valence-electron chi connectivity index (χ2n) is 4.66. The smallest absolute Gasteiger partial charge is 0.138 e. The van der Waals surface area contributed by atoms with Crippen molar-refractivity contribution >= 4 is 11.0 Å². The molecule has 0 aliphatic heterocycles. The summed E-state index contributed by atoms with van der Waals surface area (Å²) in [6, 6.07) is 7.74. The van der Waals surface area contributed by atoms with Gasteiger partial charge in [-0.05, 0) is 47.9 Å². The Bertz CT molecular complexity index is 751. The largest absolute Gasteiger partial charge is 0.458 e. The first-order chi connectivity index (χ1) is 9.69. The third-order valence-electron chi connectivity index (χ3n) is 3.38. The van der Waals surface area contributed by atoms with Crippen molar-refractivity contribution in [2.45, 2.75) is 19.4 Å². The van der Waals surface area contributed by atoms with E-state index in [1.165, 1.54) is 12.1 Å². The van der Waals surface area contributed by atoms with E-state index in [2.05, 4.69) is 4.98 Å². The lowest BCUT2D eigenvalue weighted by Crippen LogP contribution is -2.02. The molecule has 1 N–H and O–H groups in total. The van der Waals surface area contributed by atoms with E-state index >= 15 is 0 Å². The van der Waals surface area contributed by atoms with Crippen molar-refractivity contribution in [2.75, 3.05) is 0 Å². The summed E-state index contributed by atoms with van der Waals surface area (Å²) in [5.41, 5.74) is 2.29. The van der Waals surface area contributed by atoms with E-state index in [1.54, 1.807) is 30.6 Å². The van der Waals surface area contributed by atoms with Gasteiger partial charge in [0, 0.05) is 17.8 Å². The van der Waals surface area contributed by atoms with Crippen molar-refractivity contribution in [3.05, 3.63) is 65.4 Å². The Hall–Kier alpha value is -2.20. The molecule has 0 spiro atoms. The number of furan rings is 1. The summed E-state index contributed by atoms with van der Waals surface area (Å²) in [4.78, 5) is 4.06. The average molecular weight is 271 g/mol. The number of fused-ring (bicyclic) bond motifs is 1. The number of hydrogen-bond donors (Lipinski definition) is 1. The van der Waals surface area contributed by atoms with E-state index in [0.29, 0.717) is 16.7 Å². The molecule has 0 aliphatic carbocycles. The summed E-state index contributed by atoms with van der Waals surface area (Å²) in [6.45, 7) is 2.00. The molecule has 0 amide bonds. The third-order valence-corrected chi connectivity index (χ3v) is 3.38. The van der Waals surface area contributed by atoms with Crippen LogP contribution in [-0.2, 0) is 6.42 Å². The minimum absolute atomic E-state index is 0.322. The highest BCUT2D eigenvalue weighted by atomic mass is 19.1. The van der Waals surface area contributed by atoms with E-state index < -0.39 is 6.10 Å². The van der Waals surface area contributed by atoms with Crippen LogP contribution in [0.15, 0.2) is 47.1 Å². The number of aliphatic hydroxyl groups excluding tert-OH is 1. The van der Waals surface area contributed by atoms with Gasteiger partial charge in [0.05, 0.1) is 0 Å². The van der Waals surface area contributed by atoms with Crippen LogP contribution in [0, 0.1) is 5.82 Å². The quantitative estimate of drug-likeness (QED) is 0.791. The Morgan fingerprint density at radius 3 is 2.95 bits per heavy atom. The molecular formula is C16H14FNO2. The second kappa shape index (κ2) is 5.06. The number of pyridine rings is 1. The standard InChI is InChI=1S/C16H14FNO2/c1-2-10-9-18-6-5-13(10)16(19)15-8-11-7-12(17)3-4-14(11)20-15/h3-9,16,19H,2H2,1H3. The van der Waals surface area contributed by atoms with Gasteiger partial charge in [-0.1, -0.05) is 6.92 Å². The number of aryl methyl sites for hydroxylation is 1. The Morgan fingerprint density at radius 2 is 2.15 bits per heavy atom. The molecule has 3 aromatic rings. The van der Waals surface area contributed by atoms with Gasteiger partial charge in [-0.2, -0.15) is 0 Å². The second-order valence-corrected chi connectivity index (χ2v) is 4.66. The number of halogens is 1. The van der Waals surface area contributed by atoms with Gasteiger partial charge in [0.15, 0.2) is 0 Å². The van der Waals surface area contributed by atoms with Crippen LogP contribution in [0.2, 0.25) is 0 Å². The van der Waals surface area contributed by atoms with Crippen molar-refractivity contribution in [1.29, 1.82) is 0 Å². The zero-order chi connectivity index (χ0) is 14.1. The van der Waals surface area contributed by atoms with Crippen LogP contribution < -0.4 is 0 Å². The van der Waals surface area contributed by atoms with Gasteiger partial charge in [0.1, 0.15) is 23.3 Å². The van der Waals surface area contributed by atoms with Gasteiger partial charge in [-0.15, -0.1) is 0 Å². The molecule has 0 radical (unpaired) electrons. The molecule has 0 saturated heterocycles. The molecule has 20 heavy (non-hydrogen) atoms. The molecule has 0 aliphatic rings. The Kier molecular flexibility index (Phi) is 3.24. The Balaban J connectivity index is 2.05. The van der Waals surface area contributed by atoms with Crippen LogP contribution in [0.3, 0.4) is 0 Å². The third kappa shape index (κ3) is 2.18. The fourth-order valence-corrected chi connectivity index (χ4v) is 2.32. The lowest BCUT2D eigenvalue weighted by molar-refractivity contribution is 0.191. The number of nitrogens with zero attached hydrogens (tertiary/aromatic N) is 1. The number of rotatable bonds is 3. The maximum Gasteiger partial charge on any atom is 0.138 e. The van der Waals surface area contributed by atoms with E-state index in [9.17, 15) is 9.50 Å². The van der Waals surface area contributed by atoms with E-state index in [-0.39, 0.29) is 5.82 Å². The van der Waals surface area contributed by atoms with Crippen LogP contribution in [0.25, 0.3) is 11.0 Å². The van der Waals surface area contributed by atoms with Crippen molar-refractivity contribution in [1.82, 2.24) is 4.98 Å². The van der Waals surface area contributed by atoms with Crippen molar-refractivity contribution in [3.8, 4) is 0 Å². The molecule has 0 fully saturated rings. The maximum absolute atomic E-state index is 13.2. The maximum atomic E-state index is 13.2. The molecule has 3 rings (SSSR count). The molecule has 0 saturated carbocycles. The average Bonchev–Trinajstić information content (AvgIpc) is 2.89. The normalized spacial score (nSPS) is 12.8. The van der Waals surface area contributed by atoms with Crippen LogP contribution in [0.5, 0.6) is 0 Å². The Labute approximate surface area is 115 Å². The summed E-state index contributed by atoms with van der Waals surface area (Å²) >= 11 is 0. The zero-order valence-electron chi connectivity index (χ0n) is 11.0. The van der Waals surface area contributed by atoms with E-state index in [4.69, 9.17) is 4.42 Å². The summed E-state index contributed by atoms with van der Waals surface area (Å²) < 4.78 is 18.8. The molecular weight excluding hydrogens is 257 g/mol. The summed E-state index contributed by atoms with van der Waals surface area (Å²) in [5.74, 6) is 0.0870. The summed E-state index contributed by atoms with van der Waals surface area (Å²) in [6.07, 6.45) is 3.28. The van der Waals surface area contributed by atoms with Gasteiger partial charge in [-0.25, -0.2) is 4.39 Å².